The zero-order valence-electron chi connectivity index (χ0n) is 20.3. The van der Waals surface area contributed by atoms with Crippen LogP contribution in [0, 0.1) is 12.8 Å². The topological polar surface area (TPSA) is 70.2 Å². The van der Waals surface area contributed by atoms with Gasteiger partial charge in [-0.1, -0.05) is 23.7 Å². The molecule has 3 heterocycles. The Morgan fingerprint density at radius 2 is 1.79 bits per heavy atom. The highest BCUT2D eigenvalue weighted by atomic mass is 35.5. The molecule has 3 fully saturated rings. The lowest BCUT2D eigenvalue weighted by Crippen LogP contribution is -2.42. The van der Waals surface area contributed by atoms with Crippen LogP contribution in [0.15, 0.2) is 23.1 Å². The van der Waals surface area contributed by atoms with Gasteiger partial charge in [0.25, 0.3) is 0 Å². The highest BCUT2D eigenvalue weighted by Gasteiger charge is 2.37. The normalized spacial score (nSPS) is 23.1. The van der Waals surface area contributed by atoms with Crippen molar-refractivity contribution in [2.24, 2.45) is 5.92 Å². The third-order valence-electron chi connectivity index (χ3n) is 7.61. The van der Waals surface area contributed by atoms with Gasteiger partial charge in [-0.05, 0) is 89.1 Å². The van der Waals surface area contributed by atoms with Crippen LogP contribution in [-0.4, -0.2) is 87.0 Å². The lowest BCUT2D eigenvalue weighted by atomic mass is 9.93. The molecule has 0 radical (unpaired) electrons. The molecule has 1 amide bonds. The monoisotopic (exact) mass is 511 g/mol. The molecule has 0 aromatic heterocycles. The van der Waals surface area contributed by atoms with E-state index >= 15 is 0 Å². The van der Waals surface area contributed by atoms with Gasteiger partial charge in [-0.25, -0.2) is 8.42 Å². The van der Waals surface area contributed by atoms with Crippen molar-refractivity contribution < 1.29 is 17.9 Å². The fourth-order valence-electron chi connectivity index (χ4n) is 5.57. The molecule has 1 aromatic carbocycles. The molecule has 0 spiro atoms. The number of carbonyl (C=O) groups is 1. The Balaban J connectivity index is 1.22. The quantitative estimate of drug-likeness (QED) is 0.507. The van der Waals surface area contributed by atoms with Gasteiger partial charge >= 0.3 is 0 Å². The van der Waals surface area contributed by atoms with Gasteiger partial charge in [0, 0.05) is 25.7 Å². The molecular weight excluding hydrogens is 474 g/mol. The van der Waals surface area contributed by atoms with Crippen LogP contribution < -0.4 is 0 Å². The third kappa shape index (κ3) is 6.13. The number of amides is 1. The molecule has 3 aliphatic rings. The largest absolute Gasteiger partial charge is 0.370 e. The second-order valence-electron chi connectivity index (χ2n) is 9.97. The molecule has 7 nitrogen and oxygen atoms in total. The van der Waals surface area contributed by atoms with Crippen LogP contribution in [0.3, 0.4) is 0 Å². The molecule has 0 saturated carbocycles. The number of aryl methyl sites for hydroxylation is 1. The van der Waals surface area contributed by atoms with E-state index in [1.54, 1.807) is 25.1 Å². The summed E-state index contributed by atoms with van der Waals surface area (Å²) in [5, 5.41) is 0.241. The molecule has 1 atom stereocenters. The van der Waals surface area contributed by atoms with Crippen molar-refractivity contribution in [2.45, 2.75) is 62.8 Å². The fourth-order valence-corrected chi connectivity index (χ4v) is 8.04. The number of carbonyl (C=O) groups excluding carboxylic acids is 1. The standard InChI is InChI=1S/C25H38ClN3O4S/c1-20-6-4-8-23(26)25(20)34(31,32)29-14-5-7-22(29)18-33-19-24(30)28-16-10-21(11-17-28)9-15-27-12-2-3-13-27/h4,6,8,21-22H,2-3,5,7,9-19H2,1H3/t22-/m0/s1. The van der Waals surface area contributed by atoms with Crippen molar-refractivity contribution in [1.29, 1.82) is 0 Å². The van der Waals surface area contributed by atoms with Crippen LogP contribution >= 0.6 is 11.6 Å². The van der Waals surface area contributed by atoms with Gasteiger partial charge in [0.2, 0.25) is 15.9 Å². The van der Waals surface area contributed by atoms with E-state index in [0.717, 1.165) is 38.8 Å². The maximum absolute atomic E-state index is 13.3. The second-order valence-corrected chi connectivity index (χ2v) is 12.2. The first-order valence-corrected chi connectivity index (χ1v) is 14.5. The Kier molecular flexibility index (Phi) is 8.91. The van der Waals surface area contributed by atoms with Crippen molar-refractivity contribution in [3.63, 3.8) is 0 Å². The minimum atomic E-state index is -3.72. The third-order valence-corrected chi connectivity index (χ3v) is 10.2. The van der Waals surface area contributed by atoms with Crippen LogP contribution in [0.1, 0.15) is 50.5 Å². The second kappa shape index (κ2) is 11.7. The molecule has 0 N–H and O–H groups in total. The molecule has 0 unspecified atom stereocenters. The summed E-state index contributed by atoms with van der Waals surface area (Å²) in [5.41, 5.74) is 0.637. The lowest BCUT2D eigenvalue weighted by Gasteiger charge is -2.33. The van der Waals surface area contributed by atoms with E-state index in [2.05, 4.69) is 4.90 Å². The van der Waals surface area contributed by atoms with E-state index in [9.17, 15) is 13.2 Å². The Labute approximate surface area is 209 Å². The van der Waals surface area contributed by atoms with Crippen LogP contribution in [0.2, 0.25) is 5.02 Å². The summed E-state index contributed by atoms with van der Waals surface area (Å²) >= 11 is 6.25. The Hall–Kier alpha value is -1.19. The number of sulfonamides is 1. The molecule has 4 rings (SSSR count). The molecule has 34 heavy (non-hydrogen) atoms. The Bertz CT molecular complexity index is 923. The van der Waals surface area contributed by atoms with Crippen molar-refractivity contribution in [1.82, 2.24) is 14.1 Å². The fraction of sp³-hybridized carbons (Fsp3) is 0.720. The van der Waals surface area contributed by atoms with Crippen LogP contribution in [0.25, 0.3) is 0 Å². The van der Waals surface area contributed by atoms with E-state index in [-0.39, 0.29) is 35.1 Å². The number of nitrogens with zero attached hydrogens (tertiary/aromatic N) is 3. The number of ether oxygens (including phenoxy) is 1. The highest BCUT2D eigenvalue weighted by molar-refractivity contribution is 7.89. The Morgan fingerprint density at radius 3 is 2.50 bits per heavy atom. The maximum Gasteiger partial charge on any atom is 0.248 e. The van der Waals surface area contributed by atoms with Gasteiger partial charge in [-0.15, -0.1) is 0 Å². The first-order chi connectivity index (χ1) is 16.4. The average Bonchev–Trinajstić information content (AvgIpc) is 3.50. The van der Waals surface area contributed by atoms with Gasteiger partial charge < -0.3 is 14.5 Å². The smallest absolute Gasteiger partial charge is 0.248 e. The number of benzene rings is 1. The van der Waals surface area contributed by atoms with E-state index in [0.29, 0.717) is 18.0 Å². The number of hydrogen-bond acceptors (Lipinski definition) is 5. The molecule has 0 bridgehead atoms. The average molecular weight is 512 g/mol. The molecular formula is C25H38ClN3O4S. The summed E-state index contributed by atoms with van der Waals surface area (Å²) in [6, 6.07) is 4.85. The number of rotatable bonds is 9. The number of piperidine rings is 1. The summed E-state index contributed by atoms with van der Waals surface area (Å²) in [6.07, 6.45) is 7.51. The van der Waals surface area contributed by atoms with Gasteiger partial charge in [0.1, 0.15) is 11.5 Å². The summed E-state index contributed by atoms with van der Waals surface area (Å²) in [6.45, 7) is 7.70. The van der Waals surface area contributed by atoms with Crippen molar-refractivity contribution in [3.8, 4) is 0 Å². The van der Waals surface area contributed by atoms with Gasteiger partial charge in [-0.3, -0.25) is 4.79 Å². The maximum atomic E-state index is 13.3. The minimum absolute atomic E-state index is 0.00680. The summed E-state index contributed by atoms with van der Waals surface area (Å²) in [5.74, 6) is 0.712. The zero-order chi connectivity index (χ0) is 24.1. The van der Waals surface area contributed by atoms with E-state index < -0.39 is 10.0 Å². The van der Waals surface area contributed by atoms with E-state index in [1.807, 2.05) is 4.90 Å². The summed E-state index contributed by atoms with van der Waals surface area (Å²) in [7, 11) is -3.72. The van der Waals surface area contributed by atoms with Gasteiger partial charge in [0.05, 0.1) is 11.6 Å². The van der Waals surface area contributed by atoms with Crippen molar-refractivity contribution >= 4 is 27.5 Å². The van der Waals surface area contributed by atoms with E-state index in [4.69, 9.17) is 16.3 Å². The molecule has 1 aromatic rings. The van der Waals surface area contributed by atoms with E-state index in [1.165, 1.54) is 43.2 Å². The zero-order valence-corrected chi connectivity index (χ0v) is 21.8. The molecule has 9 heteroatoms. The Morgan fingerprint density at radius 1 is 1.06 bits per heavy atom. The highest BCUT2D eigenvalue weighted by Crippen LogP contribution is 2.32. The molecule has 0 aliphatic carbocycles. The predicted octanol–water partition coefficient (Wildman–Crippen LogP) is 3.54. The van der Waals surface area contributed by atoms with Gasteiger partial charge in [0.15, 0.2) is 0 Å². The minimum Gasteiger partial charge on any atom is -0.370 e. The lowest BCUT2D eigenvalue weighted by molar-refractivity contribution is -0.137. The summed E-state index contributed by atoms with van der Waals surface area (Å²) in [4.78, 5) is 17.3. The SMILES string of the molecule is Cc1cccc(Cl)c1S(=O)(=O)N1CCC[C@H]1COCC(=O)N1CCC(CCN2CCCC2)CC1. The summed E-state index contributed by atoms with van der Waals surface area (Å²) < 4.78 is 33.9. The van der Waals surface area contributed by atoms with Crippen LogP contribution in [0.5, 0.6) is 0 Å². The number of hydrogen-bond donors (Lipinski definition) is 0. The first-order valence-electron chi connectivity index (χ1n) is 12.7. The number of halogens is 1. The number of likely N-dealkylation sites (tertiary alicyclic amines) is 2. The first kappa shape index (κ1) is 25.9. The van der Waals surface area contributed by atoms with Crippen molar-refractivity contribution in [3.05, 3.63) is 28.8 Å². The molecule has 190 valence electrons. The molecule has 3 saturated heterocycles. The van der Waals surface area contributed by atoms with Crippen LogP contribution in [0.4, 0.5) is 0 Å². The van der Waals surface area contributed by atoms with Crippen molar-refractivity contribution in [2.75, 3.05) is 52.5 Å². The van der Waals surface area contributed by atoms with Gasteiger partial charge in [-0.2, -0.15) is 4.31 Å². The predicted molar refractivity (Wildman–Crippen MR) is 134 cm³/mol. The molecule has 3 aliphatic heterocycles. The van der Waals surface area contributed by atoms with Crippen LogP contribution in [-0.2, 0) is 19.6 Å².